The van der Waals surface area contributed by atoms with Crippen LogP contribution in [0.25, 0.3) is 29.4 Å². The van der Waals surface area contributed by atoms with Gasteiger partial charge in [-0.1, -0.05) is 36.9 Å². The Labute approximate surface area is 199 Å². The SMILES string of the molecule is C=c1c(=Cc2ccc(N(CCC#N)CCC(=O)O)cc2)c(=O)[nH]c2[nH]n(-c3ccccc3)c(=O)c12. The fraction of sp³-hybridized carbons (Fsp3) is 0.154. The van der Waals surface area contributed by atoms with E-state index >= 15 is 0 Å². The van der Waals surface area contributed by atoms with Gasteiger partial charge in [0.25, 0.3) is 11.1 Å². The van der Waals surface area contributed by atoms with E-state index in [1.54, 1.807) is 42.5 Å². The molecule has 0 aliphatic carbocycles. The smallest absolute Gasteiger partial charge is 0.305 e. The van der Waals surface area contributed by atoms with Gasteiger partial charge in [0.15, 0.2) is 0 Å². The van der Waals surface area contributed by atoms with Crippen LogP contribution in [0.5, 0.6) is 0 Å². The third-order valence-corrected chi connectivity index (χ3v) is 5.67. The number of aromatic amines is 2. The lowest BCUT2D eigenvalue weighted by Crippen LogP contribution is -2.41. The molecule has 176 valence electrons. The fourth-order valence-corrected chi connectivity index (χ4v) is 3.91. The lowest BCUT2D eigenvalue weighted by atomic mass is 10.1. The number of nitriles is 1. The number of aromatic nitrogens is 3. The van der Waals surface area contributed by atoms with Crippen LogP contribution in [-0.2, 0) is 4.79 Å². The monoisotopic (exact) mass is 469 g/mol. The van der Waals surface area contributed by atoms with E-state index in [0.717, 1.165) is 5.69 Å². The van der Waals surface area contributed by atoms with Crippen LogP contribution in [0, 0.1) is 11.3 Å². The number of carboxylic acid groups (broad SMARTS) is 1. The Morgan fingerprint density at radius 2 is 1.83 bits per heavy atom. The molecule has 9 nitrogen and oxygen atoms in total. The predicted octanol–water partition coefficient (Wildman–Crippen LogP) is 1.44. The second-order valence-corrected chi connectivity index (χ2v) is 7.96. The Morgan fingerprint density at radius 1 is 1.11 bits per heavy atom. The van der Waals surface area contributed by atoms with Crippen LogP contribution in [0.2, 0.25) is 0 Å². The summed E-state index contributed by atoms with van der Waals surface area (Å²) in [5.74, 6) is -0.911. The minimum absolute atomic E-state index is 0.0449. The quantitative estimate of drug-likeness (QED) is 0.357. The standard InChI is InChI=1S/C26H23N5O4/c1-17-21(16-18-8-10-19(11-9-18)30(14-5-13-27)15-12-22(32)33)25(34)28-24-23(17)26(35)31(29-24)20-6-3-2-4-7-20/h2-4,6-11,16,29H,1,5,12,14-15H2,(H,28,34)(H,32,33). The van der Waals surface area contributed by atoms with Crippen molar-refractivity contribution in [2.24, 2.45) is 0 Å². The normalized spacial score (nSPS) is 11.5. The van der Waals surface area contributed by atoms with Crippen LogP contribution in [0.4, 0.5) is 5.69 Å². The van der Waals surface area contributed by atoms with Crippen LogP contribution >= 0.6 is 0 Å². The highest BCUT2D eigenvalue weighted by atomic mass is 16.4. The molecule has 0 aliphatic heterocycles. The molecule has 0 amide bonds. The minimum Gasteiger partial charge on any atom is -0.481 e. The zero-order valence-electron chi connectivity index (χ0n) is 18.8. The number of fused-ring (bicyclic) bond motifs is 1. The second kappa shape index (κ2) is 9.97. The Hall–Kier alpha value is -4.84. The van der Waals surface area contributed by atoms with E-state index in [1.165, 1.54) is 4.68 Å². The highest BCUT2D eigenvalue weighted by Gasteiger charge is 2.12. The van der Waals surface area contributed by atoms with E-state index in [0.29, 0.717) is 34.0 Å². The van der Waals surface area contributed by atoms with Crippen molar-refractivity contribution in [2.45, 2.75) is 12.8 Å². The molecule has 4 rings (SSSR count). The van der Waals surface area contributed by atoms with Crippen LogP contribution in [0.3, 0.4) is 0 Å². The highest BCUT2D eigenvalue weighted by Crippen LogP contribution is 2.16. The lowest BCUT2D eigenvalue weighted by Gasteiger charge is -2.23. The topological polar surface area (TPSA) is 135 Å². The number of nitrogens with one attached hydrogen (secondary N) is 2. The van der Waals surface area contributed by atoms with E-state index in [4.69, 9.17) is 10.4 Å². The van der Waals surface area contributed by atoms with E-state index in [9.17, 15) is 14.4 Å². The molecule has 2 heterocycles. The molecule has 9 heteroatoms. The van der Waals surface area contributed by atoms with Crippen molar-refractivity contribution < 1.29 is 9.90 Å². The maximum absolute atomic E-state index is 13.1. The number of benzene rings is 2. The molecule has 2 aromatic heterocycles. The van der Waals surface area contributed by atoms with Crippen molar-refractivity contribution in [1.29, 1.82) is 5.26 Å². The predicted molar refractivity (Wildman–Crippen MR) is 134 cm³/mol. The Kier molecular flexibility index (Phi) is 6.64. The summed E-state index contributed by atoms with van der Waals surface area (Å²) in [4.78, 5) is 41.4. The van der Waals surface area contributed by atoms with Crippen molar-refractivity contribution in [1.82, 2.24) is 14.8 Å². The van der Waals surface area contributed by atoms with Crippen LogP contribution in [0.1, 0.15) is 18.4 Å². The van der Waals surface area contributed by atoms with Gasteiger partial charge in [-0.25, -0.2) is 4.68 Å². The molecule has 4 aromatic rings. The van der Waals surface area contributed by atoms with Crippen LogP contribution in [0.15, 0.2) is 64.2 Å². The fourth-order valence-electron chi connectivity index (χ4n) is 3.91. The van der Waals surface area contributed by atoms with Crippen molar-refractivity contribution in [3.63, 3.8) is 0 Å². The number of H-pyrrole nitrogens is 2. The number of anilines is 1. The average Bonchev–Trinajstić information content (AvgIpc) is 3.18. The van der Waals surface area contributed by atoms with Gasteiger partial charge < -0.3 is 15.0 Å². The molecule has 3 N–H and O–H groups in total. The maximum Gasteiger partial charge on any atom is 0.305 e. The van der Waals surface area contributed by atoms with Gasteiger partial charge in [0.2, 0.25) is 0 Å². The van der Waals surface area contributed by atoms with Gasteiger partial charge in [0.1, 0.15) is 5.65 Å². The molecule has 0 spiro atoms. The highest BCUT2D eigenvalue weighted by molar-refractivity contribution is 5.76. The largest absolute Gasteiger partial charge is 0.481 e. The molecule has 0 aliphatic rings. The van der Waals surface area contributed by atoms with E-state index in [1.807, 2.05) is 23.1 Å². The van der Waals surface area contributed by atoms with Gasteiger partial charge in [0, 0.05) is 24.0 Å². The van der Waals surface area contributed by atoms with Crippen molar-refractivity contribution >= 4 is 35.3 Å². The van der Waals surface area contributed by atoms with E-state index in [2.05, 4.69) is 22.7 Å². The number of nitrogens with zero attached hydrogens (tertiary/aromatic N) is 3. The first kappa shape index (κ1) is 23.3. The summed E-state index contributed by atoms with van der Waals surface area (Å²) in [6, 6.07) is 18.3. The van der Waals surface area contributed by atoms with Crippen LogP contribution < -0.4 is 26.5 Å². The summed E-state index contributed by atoms with van der Waals surface area (Å²) in [6.45, 7) is 4.70. The first-order chi connectivity index (χ1) is 16.9. The first-order valence-electron chi connectivity index (χ1n) is 11.0. The molecule has 0 saturated heterocycles. The minimum atomic E-state index is -0.911. The second-order valence-electron chi connectivity index (χ2n) is 7.96. The zero-order valence-corrected chi connectivity index (χ0v) is 18.8. The van der Waals surface area contributed by atoms with Gasteiger partial charge in [-0.2, -0.15) is 5.26 Å². The third-order valence-electron chi connectivity index (χ3n) is 5.67. The number of para-hydroxylation sites is 1. The molecule has 0 unspecified atom stereocenters. The number of carbonyl (C=O) groups is 1. The molecule has 0 bridgehead atoms. The summed E-state index contributed by atoms with van der Waals surface area (Å²) in [7, 11) is 0. The molecule has 0 saturated carbocycles. The Balaban J connectivity index is 1.73. The molecular formula is C26H23N5O4. The van der Waals surface area contributed by atoms with Crippen LogP contribution in [-0.4, -0.2) is 38.9 Å². The average molecular weight is 470 g/mol. The summed E-state index contributed by atoms with van der Waals surface area (Å²) in [6.07, 6.45) is 1.88. The van der Waals surface area contributed by atoms with E-state index < -0.39 is 5.97 Å². The van der Waals surface area contributed by atoms with Crippen molar-refractivity contribution in [3.05, 3.63) is 91.3 Å². The zero-order chi connectivity index (χ0) is 24.9. The van der Waals surface area contributed by atoms with Gasteiger partial charge in [-0.05, 0) is 41.1 Å². The first-order valence-corrected chi connectivity index (χ1v) is 11.0. The Bertz CT molecular complexity index is 1640. The number of hydrogen-bond donors (Lipinski definition) is 3. The van der Waals surface area contributed by atoms with Gasteiger partial charge in [0.05, 0.1) is 30.0 Å². The summed E-state index contributed by atoms with van der Waals surface area (Å²) < 4.78 is 1.36. The third kappa shape index (κ3) is 4.91. The molecule has 0 radical (unpaired) electrons. The summed E-state index contributed by atoms with van der Waals surface area (Å²) in [5.41, 5.74) is 1.72. The number of hydrogen-bond acceptors (Lipinski definition) is 5. The van der Waals surface area contributed by atoms with Gasteiger partial charge in [-0.3, -0.25) is 19.5 Å². The van der Waals surface area contributed by atoms with Gasteiger partial charge in [-0.15, -0.1) is 0 Å². The molecular weight excluding hydrogens is 446 g/mol. The molecule has 0 fully saturated rings. The van der Waals surface area contributed by atoms with Crippen molar-refractivity contribution in [3.8, 4) is 11.8 Å². The number of rotatable bonds is 8. The summed E-state index contributed by atoms with van der Waals surface area (Å²) in [5, 5.41) is 21.7. The molecule has 2 aromatic carbocycles. The molecule has 0 atom stereocenters. The number of carboxylic acids is 1. The number of aliphatic carboxylic acids is 1. The van der Waals surface area contributed by atoms with E-state index in [-0.39, 0.29) is 35.7 Å². The Morgan fingerprint density at radius 3 is 2.49 bits per heavy atom. The van der Waals surface area contributed by atoms with Crippen molar-refractivity contribution in [2.75, 3.05) is 18.0 Å². The maximum atomic E-state index is 13.1. The molecule has 35 heavy (non-hydrogen) atoms. The number of pyridine rings is 1. The van der Waals surface area contributed by atoms with Gasteiger partial charge >= 0.3 is 5.97 Å². The summed E-state index contributed by atoms with van der Waals surface area (Å²) >= 11 is 0. The lowest BCUT2D eigenvalue weighted by molar-refractivity contribution is -0.136.